The summed E-state index contributed by atoms with van der Waals surface area (Å²) in [4.78, 5) is 24.9. The van der Waals surface area contributed by atoms with Gasteiger partial charge in [-0.1, -0.05) is 41.9 Å². The summed E-state index contributed by atoms with van der Waals surface area (Å²) < 4.78 is 13.9. The third-order valence-corrected chi connectivity index (χ3v) is 4.64. The topological polar surface area (TPSA) is 58.2 Å². The molecule has 2 N–H and O–H groups in total. The number of para-hydroxylation sites is 1. The normalized spacial score (nSPS) is 10.4. The van der Waals surface area contributed by atoms with Gasteiger partial charge in [0.1, 0.15) is 5.82 Å². The number of nitrogens with one attached hydrogen (secondary N) is 2. The van der Waals surface area contributed by atoms with Crippen LogP contribution in [0.15, 0.2) is 66.7 Å². The molecule has 0 spiro atoms. The lowest BCUT2D eigenvalue weighted by molar-refractivity contribution is -0.115. The Labute approximate surface area is 167 Å². The van der Waals surface area contributed by atoms with E-state index in [1.54, 1.807) is 37.3 Å². The van der Waals surface area contributed by atoms with Gasteiger partial charge in [0.05, 0.1) is 6.42 Å². The van der Waals surface area contributed by atoms with E-state index >= 15 is 0 Å². The fourth-order valence-corrected chi connectivity index (χ4v) is 3.02. The van der Waals surface area contributed by atoms with Crippen LogP contribution < -0.4 is 10.6 Å². The molecule has 0 radical (unpaired) electrons. The number of carbonyl (C=O) groups is 2. The third kappa shape index (κ3) is 4.56. The number of halogens is 2. The first-order valence-electron chi connectivity index (χ1n) is 8.64. The Kier molecular flexibility index (Phi) is 6.06. The standard InChI is InChI=1S/C22H18ClFN2O2/c1-14-16(22(28)25-15-7-3-2-4-8-15)9-5-12-20(14)26-21(27)13-17-18(23)10-6-11-19(17)24/h2-12H,13H2,1H3,(H,25,28)(H,26,27). The van der Waals surface area contributed by atoms with E-state index in [4.69, 9.17) is 11.6 Å². The smallest absolute Gasteiger partial charge is 0.256 e. The Morgan fingerprint density at radius 3 is 2.36 bits per heavy atom. The maximum atomic E-state index is 13.9. The summed E-state index contributed by atoms with van der Waals surface area (Å²) in [6, 6.07) is 18.4. The first-order valence-corrected chi connectivity index (χ1v) is 9.02. The molecule has 0 atom stereocenters. The van der Waals surface area contributed by atoms with E-state index < -0.39 is 11.7 Å². The van der Waals surface area contributed by atoms with Crippen molar-refractivity contribution in [1.29, 1.82) is 0 Å². The molecule has 28 heavy (non-hydrogen) atoms. The van der Waals surface area contributed by atoms with Crippen LogP contribution in [0.1, 0.15) is 21.5 Å². The predicted octanol–water partition coefficient (Wildman–Crippen LogP) is 5.22. The molecule has 3 aromatic carbocycles. The van der Waals surface area contributed by atoms with Gasteiger partial charge in [-0.05, 0) is 48.9 Å². The van der Waals surface area contributed by atoms with Crippen LogP contribution in [0, 0.1) is 12.7 Å². The number of anilines is 2. The van der Waals surface area contributed by atoms with Crippen molar-refractivity contribution in [3.63, 3.8) is 0 Å². The van der Waals surface area contributed by atoms with Crippen molar-refractivity contribution >= 4 is 34.8 Å². The Balaban J connectivity index is 1.75. The lowest BCUT2D eigenvalue weighted by Gasteiger charge is -2.13. The number of benzene rings is 3. The number of hydrogen-bond donors (Lipinski definition) is 2. The van der Waals surface area contributed by atoms with E-state index in [9.17, 15) is 14.0 Å². The van der Waals surface area contributed by atoms with Crippen LogP contribution in [0.25, 0.3) is 0 Å². The fourth-order valence-electron chi connectivity index (χ4n) is 2.79. The summed E-state index contributed by atoms with van der Waals surface area (Å²) >= 11 is 5.98. The third-order valence-electron chi connectivity index (χ3n) is 4.28. The zero-order valence-electron chi connectivity index (χ0n) is 15.1. The van der Waals surface area contributed by atoms with Crippen LogP contribution in [-0.2, 0) is 11.2 Å². The molecule has 0 aliphatic rings. The highest BCUT2D eigenvalue weighted by Gasteiger charge is 2.16. The molecule has 0 aromatic heterocycles. The molecule has 0 saturated heterocycles. The van der Waals surface area contributed by atoms with Crippen molar-refractivity contribution in [2.24, 2.45) is 0 Å². The Hall–Kier alpha value is -3.18. The van der Waals surface area contributed by atoms with Crippen molar-refractivity contribution < 1.29 is 14.0 Å². The molecule has 0 heterocycles. The van der Waals surface area contributed by atoms with Gasteiger partial charge < -0.3 is 10.6 Å². The number of hydrogen-bond acceptors (Lipinski definition) is 2. The molecule has 142 valence electrons. The lowest BCUT2D eigenvalue weighted by Crippen LogP contribution is -2.18. The fraction of sp³-hybridized carbons (Fsp3) is 0.0909. The minimum atomic E-state index is -0.532. The molecule has 0 bridgehead atoms. The van der Waals surface area contributed by atoms with Gasteiger partial charge in [0.15, 0.2) is 0 Å². The summed E-state index contributed by atoms with van der Waals surface area (Å²) in [5.41, 5.74) is 2.35. The first-order chi connectivity index (χ1) is 13.5. The van der Waals surface area contributed by atoms with Crippen molar-refractivity contribution in [2.45, 2.75) is 13.3 Å². The van der Waals surface area contributed by atoms with Gasteiger partial charge in [0.25, 0.3) is 5.91 Å². The molecular formula is C22H18ClFN2O2. The van der Waals surface area contributed by atoms with Gasteiger partial charge in [-0.3, -0.25) is 9.59 Å². The summed E-state index contributed by atoms with van der Waals surface area (Å²) in [5.74, 6) is -1.23. The highest BCUT2D eigenvalue weighted by Crippen LogP contribution is 2.23. The SMILES string of the molecule is Cc1c(NC(=O)Cc2c(F)cccc2Cl)cccc1C(=O)Nc1ccccc1. The Morgan fingerprint density at radius 2 is 1.64 bits per heavy atom. The molecule has 6 heteroatoms. The monoisotopic (exact) mass is 396 g/mol. The summed E-state index contributed by atoms with van der Waals surface area (Å²) in [6.07, 6.45) is -0.203. The van der Waals surface area contributed by atoms with Gasteiger partial charge in [0, 0.05) is 27.5 Å². The van der Waals surface area contributed by atoms with Crippen molar-refractivity contribution in [2.75, 3.05) is 10.6 Å². The Bertz CT molecular complexity index is 1000. The maximum Gasteiger partial charge on any atom is 0.256 e. The van der Waals surface area contributed by atoms with Crippen LogP contribution >= 0.6 is 11.6 Å². The molecule has 3 aromatic rings. The minimum absolute atomic E-state index is 0.136. The zero-order chi connectivity index (χ0) is 20.1. The van der Waals surface area contributed by atoms with Crippen LogP contribution in [-0.4, -0.2) is 11.8 Å². The van der Waals surface area contributed by atoms with Gasteiger partial charge in [-0.15, -0.1) is 0 Å². The van der Waals surface area contributed by atoms with E-state index in [0.29, 0.717) is 22.5 Å². The van der Waals surface area contributed by atoms with E-state index in [2.05, 4.69) is 10.6 Å². The second-order valence-corrected chi connectivity index (χ2v) is 6.63. The average Bonchev–Trinajstić information content (AvgIpc) is 2.67. The molecule has 2 amide bonds. The molecule has 0 fully saturated rings. The second kappa shape index (κ2) is 8.67. The van der Waals surface area contributed by atoms with Crippen LogP contribution in [0.2, 0.25) is 5.02 Å². The van der Waals surface area contributed by atoms with Crippen LogP contribution in [0.4, 0.5) is 15.8 Å². The highest BCUT2D eigenvalue weighted by atomic mass is 35.5. The van der Waals surface area contributed by atoms with Crippen LogP contribution in [0.3, 0.4) is 0 Å². The first kappa shape index (κ1) is 19.6. The summed E-state index contributed by atoms with van der Waals surface area (Å²) in [6.45, 7) is 1.74. The quantitative estimate of drug-likeness (QED) is 0.621. The van der Waals surface area contributed by atoms with E-state index in [-0.39, 0.29) is 22.9 Å². The van der Waals surface area contributed by atoms with Crippen molar-refractivity contribution in [3.8, 4) is 0 Å². The van der Waals surface area contributed by atoms with Crippen LogP contribution in [0.5, 0.6) is 0 Å². The van der Waals surface area contributed by atoms with E-state index in [0.717, 1.165) is 0 Å². The van der Waals surface area contributed by atoms with Gasteiger partial charge >= 0.3 is 0 Å². The molecule has 4 nitrogen and oxygen atoms in total. The minimum Gasteiger partial charge on any atom is -0.326 e. The van der Waals surface area contributed by atoms with Crippen molar-refractivity contribution in [3.05, 3.63) is 94.3 Å². The van der Waals surface area contributed by atoms with Gasteiger partial charge in [0.2, 0.25) is 5.91 Å². The molecule has 3 rings (SSSR count). The van der Waals surface area contributed by atoms with Gasteiger partial charge in [-0.2, -0.15) is 0 Å². The number of amides is 2. The maximum absolute atomic E-state index is 13.9. The van der Waals surface area contributed by atoms with Gasteiger partial charge in [-0.25, -0.2) is 4.39 Å². The zero-order valence-corrected chi connectivity index (χ0v) is 15.9. The van der Waals surface area contributed by atoms with Crippen molar-refractivity contribution in [1.82, 2.24) is 0 Å². The highest BCUT2D eigenvalue weighted by molar-refractivity contribution is 6.31. The van der Waals surface area contributed by atoms with E-state index in [1.807, 2.05) is 18.2 Å². The number of carbonyl (C=O) groups excluding carboxylic acids is 2. The molecule has 0 aliphatic heterocycles. The predicted molar refractivity (Wildman–Crippen MR) is 109 cm³/mol. The van der Waals surface area contributed by atoms with E-state index in [1.165, 1.54) is 18.2 Å². The molecule has 0 unspecified atom stereocenters. The molecule has 0 saturated carbocycles. The second-order valence-electron chi connectivity index (χ2n) is 6.22. The summed E-state index contributed by atoms with van der Waals surface area (Å²) in [7, 11) is 0. The lowest BCUT2D eigenvalue weighted by atomic mass is 10.1. The average molecular weight is 397 g/mol. The summed E-state index contributed by atoms with van der Waals surface area (Å²) in [5, 5.41) is 5.74. The largest absolute Gasteiger partial charge is 0.326 e. The Morgan fingerprint density at radius 1 is 0.929 bits per heavy atom. The molecule has 0 aliphatic carbocycles. The number of rotatable bonds is 5. The molecular weight excluding hydrogens is 379 g/mol.